The van der Waals surface area contributed by atoms with Crippen LogP contribution in [0.2, 0.25) is 0 Å². The molecule has 0 saturated heterocycles. The van der Waals surface area contributed by atoms with Gasteiger partial charge in [0.15, 0.2) is 0 Å². The molecule has 0 aromatic heterocycles. The molecule has 0 radical (unpaired) electrons. The first kappa shape index (κ1) is 20.7. The molecule has 1 unspecified atom stereocenters. The Morgan fingerprint density at radius 3 is 1.62 bits per heavy atom. The molecule has 0 aromatic carbocycles. The fourth-order valence-electron chi connectivity index (χ4n) is 3.04. The van der Waals surface area contributed by atoms with E-state index in [1.165, 1.54) is 102 Å². The van der Waals surface area contributed by atoms with Gasteiger partial charge in [-0.3, -0.25) is 0 Å². The Morgan fingerprint density at radius 2 is 1.14 bits per heavy atom. The number of hydrogen-bond donors (Lipinski definition) is 0. The van der Waals surface area contributed by atoms with Crippen molar-refractivity contribution in [2.45, 2.75) is 117 Å². The summed E-state index contributed by atoms with van der Waals surface area (Å²) in [4.78, 5) is 0. The van der Waals surface area contributed by atoms with E-state index >= 15 is 0 Å². The van der Waals surface area contributed by atoms with E-state index in [1.54, 1.807) is 0 Å². The zero-order valence-electron chi connectivity index (χ0n) is 15.4. The van der Waals surface area contributed by atoms with Crippen molar-refractivity contribution in [2.75, 3.05) is 0 Å². The Bertz CT molecular complexity index is 216. The van der Waals surface area contributed by atoms with Gasteiger partial charge in [-0.1, -0.05) is 103 Å². The van der Waals surface area contributed by atoms with E-state index in [0.29, 0.717) is 0 Å². The van der Waals surface area contributed by atoms with Crippen LogP contribution in [0.25, 0.3) is 0 Å². The number of unbranched alkanes of at least 4 members (excludes halogenated alkanes) is 10. The SMILES string of the molecule is C=C(C)CCCCCCCCC(C)CCCCCCCC. The smallest absolute Gasteiger partial charge is 0.0326 e. The first-order chi connectivity index (χ1) is 10.2. The standard InChI is InChI=1S/C21H42/c1-5-6-7-8-12-15-18-21(4)19-16-13-10-9-11-14-17-20(2)3/h21H,2,5-19H2,1,3-4H3. The van der Waals surface area contributed by atoms with Gasteiger partial charge in [0.1, 0.15) is 0 Å². The van der Waals surface area contributed by atoms with Gasteiger partial charge in [-0.25, -0.2) is 0 Å². The van der Waals surface area contributed by atoms with Crippen LogP contribution in [0.15, 0.2) is 12.2 Å². The van der Waals surface area contributed by atoms with Gasteiger partial charge < -0.3 is 0 Å². The molecule has 0 heteroatoms. The van der Waals surface area contributed by atoms with Crippen LogP contribution in [0.3, 0.4) is 0 Å². The third-order valence-corrected chi connectivity index (χ3v) is 4.60. The van der Waals surface area contributed by atoms with Gasteiger partial charge in [0.2, 0.25) is 0 Å². The van der Waals surface area contributed by atoms with Crippen molar-refractivity contribution in [3.63, 3.8) is 0 Å². The number of allylic oxidation sites excluding steroid dienone is 1. The van der Waals surface area contributed by atoms with Crippen LogP contribution < -0.4 is 0 Å². The molecule has 0 aliphatic heterocycles. The summed E-state index contributed by atoms with van der Waals surface area (Å²) in [5.41, 5.74) is 1.35. The Labute approximate surface area is 135 Å². The summed E-state index contributed by atoms with van der Waals surface area (Å²) in [5, 5.41) is 0. The largest absolute Gasteiger partial charge is 0.100 e. The fourth-order valence-corrected chi connectivity index (χ4v) is 3.04. The van der Waals surface area contributed by atoms with E-state index in [4.69, 9.17) is 0 Å². The predicted octanol–water partition coefficient (Wildman–Crippen LogP) is 8.07. The highest BCUT2D eigenvalue weighted by Gasteiger charge is 2.02. The lowest BCUT2D eigenvalue weighted by Gasteiger charge is -2.11. The molecule has 0 rings (SSSR count). The van der Waals surface area contributed by atoms with Crippen LogP contribution in [-0.2, 0) is 0 Å². The third kappa shape index (κ3) is 17.7. The Balaban J connectivity index is 3.15. The van der Waals surface area contributed by atoms with Crippen LogP contribution >= 0.6 is 0 Å². The van der Waals surface area contributed by atoms with Crippen molar-refractivity contribution >= 4 is 0 Å². The molecule has 0 saturated carbocycles. The summed E-state index contributed by atoms with van der Waals surface area (Å²) in [6.07, 6.45) is 21.3. The second kappa shape index (κ2) is 16.1. The minimum atomic E-state index is 0.958. The maximum absolute atomic E-state index is 3.97. The molecular weight excluding hydrogens is 252 g/mol. The normalized spacial score (nSPS) is 12.5. The summed E-state index contributed by atoms with van der Waals surface area (Å²) >= 11 is 0. The van der Waals surface area contributed by atoms with E-state index < -0.39 is 0 Å². The van der Waals surface area contributed by atoms with Crippen molar-refractivity contribution in [1.29, 1.82) is 0 Å². The minimum absolute atomic E-state index is 0.958. The molecule has 0 bridgehead atoms. The van der Waals surface area contributed by atoms with Crippen molar-refractivity contribution in [2.24, 2.45) is 5.92 Å². The molecule has 21 heavy (non-hydrogen) atoms. The summed E-state index contributed by atoms with van der Waals surface area (Å²) < 4.78 is 0. The molecule has 0 aliphatic carbocycles. The van der Waals surface area contributed by atoms with Gasteiger partial charge >= 0.3 is 0 Å². The molecule has 0 nitrogen and oxygen atoms in total. The van der Waals surface area contributed by atoms with Crippen LogP contribution in [0.4, 0.5) is 0 Å². The van der Waals surface area contributed by atoms with Gasteiger partial charge in [0, 0.05) is 0 Å². The highest BCUT2D eigenvalue weighted by Crippen LogP contribution is 2.18. The molecule has 0 N–H and O–H groups in total. The average molecular weight is 295 g/mol. The molecule has 0 aromatic rings. The van der Waals surface area contributed by atoms with E-state index in [9.17, 15) is 0 Å². The predicted molar refractivity (Wildman–Crippen MR) is 98.9 cm³/mol. The first-order valence-electron chi connectivity index (χ1n) is 9.81. The fraction of sp³-hybridized carbons (Fsp3) is 0.905. The summed E-state index contributed by atoms with van der Waals surface area (Å²) in [5.74, 6) is 0.958. The van der Waals surface area contributed by atoms with Crippen molar-refractivity contribution < 1.29 is 0 Å². The first-order valence-corrected chi connectivity index (χ1v) is 9.81. The highest BCUT2D eigenvalue weighted by atomic mass is 14.1. The van der Waals surface area contributed by atoms with Gasteiger partial charge in [-0.15, -0.1) is 6.58 Å². The molecular formula is C21H42. The van der Waals surface area contributed by atoms with Crippen LogP contribution in [-0.4, -0.2) is 0 Å². The van der Waals surface area contributed by atoms with E-state index in [0.717, 1.165) is 5.92 Å². The van der Waals surface area contributed by atoms with Gasteiger partial charge in [0.05, 0.1) is 0 Å². The van der Waals surface area contributed by atoms with Crippen LogP contribution in [0.5, 0.6) is 0 Å². The second-order valence-electron chi connectivity index (χ2n) is 7.28. The molecule has 0 fully saturated rings. The summed E-state index contributed by atoms with van der Waals surface area (Å²) in [6, 6.07) is 0. The average Bonchev–Trinajstić information content (AvgIpc) is 2.45. The molecule has 126 valence electrons. The Hall–Kier alpha value is -0.260. The zero-order valence-corrected chi connectivity index (χ0v) is 15.4. The second-order valence-corrected chi connectivity index (χ2v) is 7.28. The quantitative estimate of drug-likeness (QED) is 0.199. The van der Waals surface area contributed by atoms with Gasteiger partial charge in [-0.2, -0.15) is 0 Å². The Kier molecular flexibility index (Phi) is 15.9. The van der Waals surface area contributed by atoms with Crippen LogP contribution in [0.1, 0.15) is 117 Å². The maximum Gasteiger partial charge on any atom is -0.0326 e. The van der Waals surface area contributed by atoms with Gasteiger partial charge in [0.25, 0.3) is 0 Å². The Morgan fingerprint density at radius 1 is 0.714 bits per heavy atom. The minimum Gasteiger partial charge on any atom is -0.100 e. The van der Waals surface area contributed by atoms with Crippen LogP contribution in [0, 0.1) is 5.92 Å². The van der Waals surface area contributed by atoms with Gasteiger partial charge in [-0.05, 0) is 25.7 Å². The molecule has 0 amide bonds. The molecule has 1 atom stereocenters. The summed E-state index contributed by atoms with van der Waals surface area (Å²) in [6.45, 7) is 10.9. The molecule has 0 heterocycles. The molecule has 0 spiro atoms. The lowest BCUT2D eigenvalue weighted by atomic mass is 9.96. The molecule has 0 aliphatic rings. The third-order valence-electron chi connectivity index (χ3n) is 4.60. The highest BCUT2D eigenvalue weighted by molar-refractivity contribution is 4.86. The number of rotatable bonds is 16. The summed E-state index contributed by atoms with van der Waals surface area (Å²) in [7, 11) is 0. The lowest BCUT2D eigenvalue weighted by Crippen LogP contribution is -1.95. The topological polar surface area (TPSA) is 0 Å². The van der Waals surface area contributed by atoms with E-state index in [2.05, 4.69) is 27.4 Å². The monoisotopic (exact) mass is 294 g/mol. The zero-order chi connectivity index (χ0) is 15.8. The number of hydrogen-bond acceptors (Lipinski definition) is 0. The van der Waals surface area contributed by atoms with E-state index in [1.807, 2.05) is 0 Å². The van der Waals surface area contributed by atoms with Crippen molar-refractivity contribution in [3.8, 4) is 0 Å². The lowest BCUT2D eigenvalue weighted by molar-refractivity contribution is 0.431. The maximum atomic E-state index is 3.97. The van der Waals surface area contributed by atoms with E-state index in [-0.39, 0.29) is 0 Å². The van der Waals surface area contributed by atoms with Crippen molar-refractivity contribution in [3.05, 3.63) is 12.2 Å². The van der Waals surface area contributed by atoms with Crippen molar-refractivity contribution in [1.82, 2.24) is 0 Å².